The second-order valence-electron chi connectivity index (χ2n) is 5.49. The Morgan fingerprint density at radius 3 is 2.74 bits per heavy atom. The fourth-order valence-electron chi connectivity index (χ4n) is 2.88. The molecule has 0 aromatic carbocycles. The van der Waals surface area contributed by atoms with Crippen LogP contribution < -0.4 is 10.6 Å². The first-order valence-corrected chi connectivity index (χ1v) is 7.08. The Kier molecular flexibility index (Phi) is 4.58. The van der Waals surface area contributed by atoms with Gasteiger partial charge in [0.2, 0.25) is 5.91 Å². The Balaban J connectivity index is 1.84. The fourth-order valence-corrected chi connectivity index (χ4v) is 2.88. The van der Waals surface area contributed by atoms with Crippen LogP contribution in [0, 0.1) is 0 Å². The molecule has 106 valence electrons. The van der Waals surface area contributed by atoms with Crippen LogP contribution in [0.25, 0.3) is 0 Å². The van der Waals surface area contributed by atoms with Crippen LogP contribution in [-0.4, -0.2) is 28.3 Å². The lowest BCUT2D eigenvalue weighted by atomic mass is 9.79. The average Bonchev–Trinajstić information content (AvgIpc) is 2.83. The summed E-state index contributed by atoms with van der Waals surface area (Å²) in [6, 6.07) is 1.93. The molecule has 0 spiro atoms. The summed E-state index contributed by atoms with van der Waals surface area (Å²) in [5.41, 5.74) is 1.03. The maximum absolute atomic E-state index is 12.1. The van der Waals surface area contributed by atoms with E-state index in [0.29, 0.717) is 13.0 Å². The Bertz CT molecular complexity index is 421. The number of hydrogen-bond donors (Lipinski definition) is 2. The monoisotopic (exact) mass is 264 g/mol. The molecule has 1 heterocycles. The molecule has 0 saturated heterocycles. The van der Waals surface area contributed by atoms with Crippen molar-refractivity contribution in [3.8, 4) is 0 Å². The molecule has 1 aromatic rings. The van der Waals surface area contributed by atoms with Gasteiger partial charge in [-0.05, 0) is 26.0 Å². The summed E-state index contributed by atoms with van der Waals surface area (Å²) in [5.74, 6) is 0.123. The van der Waals surface area contributed by atoms with Gasteiger partial charge in [-0.3, -0.25) is 9.48 Å². The Labute approximate surface area is 114 Å². The smallest absolute Gasteiger partial charge is 0.222 e. The van der Waals surface area contributed by atoms with Gasteiger partial charge in [0.05, 0.1) is 12.2 Å². The summed E-state index contributed by atoms with van der Waals surface area (Å²) in [4.78, 5) is 12.1. The van der Waals surface area contributed by atoms with E-state index in [9.17, 15) is 4.79 Å². The molecule has 0 bridgehead atoms. The number of nitrogens with zero attached hydrogens (tertiary/aromatic N) is 2. The van der Waals surface area contributed by atoms with Crippen LogP contribution in [0.4, 0.5) is 0 Å². The summed E-state index contributed by atoms with van der Waals surface area (Å²) < 4.78 is 1.79. The first-order valence-electron chi connectivity index (χ1n) is 7.08. The molecule has 19 heavy (non-hydrogen) atoms. The zero-order valence-electron chi connectivity index (χ0n) is 11.9. The molecule has 1 aliphatic rings. The number of carbonyl (C=O) groups excluding carboxylic acids is 1. The normalized spacial score (nSPS) is 18.2. The van der Waals surface area contributed by atoms with Crippen LogP contribution in [-0.2, 0) is 18.4 Å². The van der Waals surface area contributed by atoms with Gasteiger partial charge >= 0.3 is 0 Å². The van der Waals surface area contributed by atoms with Crippen molar-refractivity contribution in [2.45, 2.75) is 50.6 Å². The van der Waals surface area contributed by atoms with Crippen molar-refractivity contribution in [3.05, 3.63) is 18.0 Å². The van der Waals surface area contributed by atoms with E-state index in [1.807, 2.05) is 20.2 Å². The van der Waals surface area contributed by atoms with E-state index >= 15 is 0 Å². The largest absolute Gasteiger partial charge is 0.350 e. The molecular weight excluding hydrogens is 240 g/mol. The molecule has 1 amide bonds. The molecule has 0 aliphatic heterocycles. The van der Waals surface area contributed by atoms with Crippen molar-refractivity contribution in [2.24, 2.45) is 7.05 Å². The van der Waals surface area contributed by atoms with Crippen molar-refractivity contribution in [3.63, 3.8) is 0 Å². The molecule has 0 radical (unpaired) electrons. The number of amides is 1. The quantitative estimate of drug-likeness (QED) is 0.844. The Morgan fingerprint density at radius 2 is 2.16 bits per heavy atom. The van der Waals surface area contributed by atoms with Gasteiger partial charge in [-0.1, -0.05) is 19.3 Å². The average molecular weight is 264 g/mol. The van der Waals surface area contributed by atoms with Crippen LogP contribution in [0.3, 0.4) is 0 Å². The van der Waals surface area contributed by atoms with Gasteiger partial charge in [-0.2, -0.15) is 5.10 Å². The third kappa shape index (κ3) is 3.56. The number of aryl methyl sites for hydroxylation is 1. The maximum Gasteiger partial charge on any atom is 0.222 e. The summed E-state index contributed by atoms with van der Waals surface area (Å²) in [6.07, 6.45) is 8.25. The van der Waals surface area contributed by atoms with Crippen LogP contribution in [0.1, 0.15) is 44.2 Å². The van der Waals surface area contributed by atoms with Gasteiger partial charge in [0.15, 0.2) is 0 Å². The van der Waals surface area contributed by atoms with E-state index in [-0.39, 0.29) is 11.4 Å². The highest BCUT2D eigenvalue weighted by atomic mass is 16.1. The molecule has 5 heteroatoms. The molecule has 0 atom stereocenters. The third-order valence-electron chi connectivity index (χ3n) is 4.23. The minimum absolute atomic E-state index is 0.00872. The van der Waals surface area contributed by atoms with Crippen molar-refractivity contribution in [2.75, 3.05) is 7.05 Å². The number of hydrogen-bond acceptors (Lipinski definition) is 3. The number of nitrogens with one attached hydrogen (secondary N) is 2. The van der Waals surface area contributed by atoms with Gasteiger partial charge in [-0.25, -0.2) is 0 Å². The summed E-state index contributed by atoms with van der Waals surface area (Å²) >= 11 is 0. The second kappa shape index (κ2) is 6.19. The minimum atomic E-state index is 0.00872. The van der Waals surface area contributed by atoms with Crippen molar-refractivity contribution in [1.82, 2.24) is 20.4 Å². The zero-order chi connectivity index (χ0) is 13.7. The molecule has 1 fully saturated rings. The molecule has 5 nitrogen and oxygen atoms in total. The molecule has 0 unspecified atom stereocenters. The van der Waals surface area contributed by atoms with Crippen LogP contribution in [0.2, 0.25) is 0 Å². The first-order chi connectivity index (χ1) is 9.15. The summed E-state index contributed by atoms with van der Waals surface area (Å²) in [5, 5.41) is 10.5. The van der Waals surface area contributed by atoms with Crippen molar-refractivity contribution in [1.29, 1.82) is 0 Å². The highest BCUT2D eigenvalue weighted by molar-refractivity contribution is 5.77. The predicted molar refractivity (Wildman–Crippen MR) is 74.5 cm³/mol. The Hall–Kier alpha value is -1.36. The van der Waals surface area contributed by atoms with E-state index in [2.05, 4.69) is 15.7 Å². The van der Waals surface area contributed by atoms with Crippen molar-refractivity contribution < 1.29 is 4.79 Å². The van der Waals surface area contributed by atoms with E-state index < -0.39 is 0 Å². The van der Waals surface area contributed by atoms with E-state index in [4.69, 9.17) is 0 Å². The summed E-state index contributed by atoms with van der Waals surface area (Å²) in [6.45, 7) is 0.551. The highest BCUT2D eigenvalue weighted by Crippen LogP contribution is 2.30. The lowest BCUT2D eigenvalue weighted by Crippen LogP contribution is -2.48. The SMILES string of the molecule is CNC1(CC(=O)NCc2ccnn2C)CCCCC1. The zero-order valence-corrected chi connectivity index (χ0v) is 11.9. The van der Waals surface area contributed by atoms with Gasteiger partial charge < -0.3 is 10.6 Å². The lowest BCUT2D eigenvalue weighted by molar-refractivity contribution is -0.123. The standard InChI is InChI=1S/C14H24N4O/c1-15-14(7-4-3-5-8-14)10-13(19)16-11-12-6-9-17-18(12)2/h6,9,15H,3-5,7-8,10-11H2,1-2H3,(H,16,19). The fraction of sp³-hybridized carbons (Fsp3) is 0.714. The van der Waals surface area contributed by atoms with Gasteiger partial charge in [-0.15, -0.1) is 0 Å². The Morgan fingerprint density at radius 1 is 1.42 bits per heavy atom. The van der Waals surface area contributed by atoms with E-state index in [1.54, 1.807) is 10.9 Å². The number of carbonyl (C=O) groups is 1. The summed E-state index contributed by atoms with van der Waals surface area (Å²) in [7, 11) is 3.86. The third-order valence-corrected chi connectivity index (χ3v) is 4.23. The van der Waals surface area contributed by atoms with E-state index in [1.165, 1.54) is 19.3 Å². The highest BCUT2D eigenvalue weighted by Gasteiger charge is 2.32. The van der Waals surface area contributed by atoms with Gasteiger partial charge in [0.1, 0.15) is 0 Å². The molecule has 1 aromatic heterocycles. The van der Waals surface area contributed by atoms with Crippen molar-refractivity contribution >= 4 is 5.91 Å². The number of aromatic nitrogens is 2. The minimum Gasteiger partial charge on any atom is -0.350 e. The first kappa shape index (κ1) is 14.1. The topological polar surface area (TPSA) is 59.0 Å². The second-order valence-corrected chi connectivity index (χ2v) is 5.49. The van der Waals surface area contributed by atoms with E-state index in [0.717, 1.165) is 18.5 Å². The lowest BCUT2D eigenvalue weighted by Gasteiger charge is -2.36. The maximum atomic E-state index is 12.1. The molecule has 2 N–H and O–H groups in total. The molecule has 1 saturated carbocycles. The van der Waals surface area contributed by atoms with Crippen LogP contribution in [0.5, 0.6) is 0 Å². The predicted octanol–water partition coefficient (Wildman–Crippen LogP) is 1.35. The molecule has 2 rings (SSSR count). The molecule has 1 aliphatic carbocycles. The van der Waals surface area contributed by atoms with Crippen LogP contribution >= 0.6 is 0 Å². The van der Waals surface area contributed by atoms with Gasteiger partial charge in [0.25, 0.3) is 0 Å². The number of rotatable bonds is 5. The van der Waals surface area contributed by atoms with Crippen LogP contribution in [0.15, 0.2) is 12.3 Å². The molecular formula is C14H24N4O. The van der Waals surface area contributed by atoms with Gasteiger partial charge in [0, 0.05) is 25.2 Å².